The first kappa shape index (κ1) is 18.5. The van der Waals surface area contributed by atoms with Gasteiger partial charge in [0.15, 0.2) is 5.96 Å². The van der Waals surface area contributed by atoms with Crippen molar-refractivity contribution in [1.29, 1.82) is 0 Å². The van der Waals surface area contributed by atoms with Gasteiger partial charge in [-0.25, -0.2) is 0 Å². The van der Waals surface area contributed by atoms with E-state index < -0.39 is 0 Å². The van der Waals surface area contributed by atoms with Crippen LogP contribution >= 0.6 is 0 Å². The lowest BCUT2D eigenvalue weighted by Crippen LogP contribution is -2.38. The van der Waals surface area contributed by atoms with Crippen molar-refractivity contribution >= 4 is 5.96 Å². The first-order chi connectivity index (χ1) is 10.6. The molecule has 0 unspecified atom stereocenters. The van der Waals surface area contributed by atoms with Crippen molar-refractivity contribution in [1.82, 2.24) is 20.4 Å². The van der Waals surface area contributed by atoms with E-state index in [1.165, 1.54) is 5.56 Å². The van der Waals surface area contributed by atoms with Gasteiger partial charge in [-0.1, -0.05) is 13.8 Å². The molecule has 1 rings (SSSR count). The van der Waals surface area contributed by atoms with Crippen molar-refractivity contribution in [3.8, 4) is 0 Å². The largest absolute Gasteiger partial charge is 0.381 e. The Morgan fingerprint density at radius 2 is 2.23 bits per heavy atom. The van der Waals surface area contributed by atoms with Crippen molar-refractivity contribution in [2.45, 2.75) is 33.6 Å². The van der Waals surface area contributed by atoms with Crippen molar-refractivity contribution in [2.24, 2.45) is 18.0 Å². The van der Waals surface area contributed by atoms with E-state index in [9.17, 15) is 0 Å². The number of ether oxygens (including phenoxy) is 1. The van der Waals surface area contributed by atoms with Gasteiger partial charge in [-0.05, 0) is 31.2 Å². The van der Waals surface area contributed by atoms with E-state index in [1.54, 1.807) is 0 Å². The molecule has 0 atom stereocenters. The molecular formula is C16H31N5O. The van der Waals surface area contributed by atoms with Gasteiger partial charge in [0.25, 0.3) is 0 Å². The molecule has 0 spiro atoms. The number of nitrogens with one attached hydrogen (secondary N) is 2. The standard InChI is InChI=1S/C16H31N5O/c1-5-17-16(18-8-6-10-22-13-14(2)3)19-9-7-15-11-20-21(4)12-15/h11-12,14H,5-10,13H2,1-4H3,(H2,17,18,19). The third kappa shape index (κ3) is 8.67. The minimum Gasteiger partial charge on any atom is -0.381 e. The van der Waals surface area contributed by atoms with Gasteiger partial charge in [-0.15, -0.1) is 0 Å². The maximum atomic E-state index is 5.56. The monoisotopic (exact) mass is 309 g/mol. The highest BCUT2D eigenvalue weighted by molar-refractivity contribution is 5.79. The maximum absolute atomic E-state index is 5.56. The van der Waals surface area contributed by atoms with Crippen LogP contribution in [-0.2, 0) is 18.2 Å². The van der Waals surface area contributed by atoms with Gasteiger partial charge in [0, 0.05) is 46.1 Å². The summed E-state index contributed by atoms with van der Waals surface area (Å²) < 4.78 is 7.38. The summed E-state index contributed by atoms with van der Waals surface area (Å²) in [4.78, 5) is 4.56. The average molecular weight is 309 g/mol. The van der Waals surface area contributed by atoms with Crippen molar-refractivity contribution in [3.05, 3.63) is 18.0 Å². The number of rotatable bonds is 10. The molecular weight excluding hydrogens is 278 g/mol. The summed E-state index contributed by atoms with van der Waals surface area (Å²) in [6.07, 6.45) is 5.83. The molecule has 126 valence electrons. The smallest absolute Gasteiger partial charge is 0.191 e. The molecule has 6 heteroatoms. The Labute approximate surface area is 134 Å². The van der Waals surface area contributed by atoms with Crippen LogP contribution in [0, 0.1) is 5.92 Å². The summed E-state index contributed by atoms with van der Waals surface area (Å²) in [5, 5.41) is 10.8. The van der Waals surface area contributed by atoms with Gasteiger partial charge in [0.2, 0.25) is 0 Å². The second kappa shape index (κ2) is 11.1. The maximum Gasteiger partial charge on any atom is 0.191 e. The number of aliphatic imine (C=N–C) groups is 1. The fourth-order valence-corrected chi connectivity index (χ4v) is 1.94. The SMILES string of the molecule is CCNC(=NCCCOCC(C)C)NCCc1cnn(C)c1. The highest BCUT2D eigenvalue weighted by Gasteiger charge is 1.99. The van der Waals surface area contributed by atoms with Crippen LogP contribution in [0.4, 0.5) is 0 Å². The van der Waals surface area contributed by atoms with E-state index in [2.05, 4.69) is 41.5 Å². The lowest BCUT2D eigenvalue weighted by atomic mass is 10.2. The van der Waals surface area contributed by atoms with Gasteiger partial charge in [-0.2, -0.15) is 5.10 Å². The lowest BCUT2D eigenvalue weighted by Gasteiger charge is -2.11. The van der Waals surface area contributed by atoms with Gasteiger partial charge in [0.05, 0.1) is 6.20 Å². The molecule has 1 aromatic heterocycles. The van der Waals surface area contributed by atoms with Crippen LogP contribution in [0.5, 0.6) is 0 Å². The number of hydrogen-bond donors (Lipinski definition) is 2. The van der Waals surface area contributed by atoms with Crippen LogP contribution in [0.25, 0.3) is 0 Å². The summed E-state index contributed by atoms with van der Waals surface area (Å²) in [5.41, 5.74) is 1.23. The zero-order chi connectivity index (χ0) is 16.2. The molecule has 0 aliphatic rings. The first-order valence-electron chi connectivity index (χ1n) is 8.19. The molecule has 22 heavy (non-hydrogen) atoms. The van der Waals surface area contributed by atoms with E-state index in [0.29, 0.717) is 5.92 Å². The van der Waals surface area contributed by atoms with Crippen LogP contribution in [-0.4, -0.2) is 48.6 Å². The lowest BCUT2D eigenvalue weighted by molar-refractivity contribution is 0.109. The second-order valence-corrected chi connectivity index (χ2v) is 5.78. The summed E-state index contributed by atoms with van der Waals surface area (Å²) in [7, 11) is 1.93. The van der Waals surface area contributed by atoms with Gasteiger partial charge in [-0.3, -0.25) is 9.67 Å². The molecule has 1 heterocycles. The van der Waals surface area contributed by atoms with E-state index in [-0.39, 0.29) is 0 Å². The summed E-state index contributed by atoms with van der Waals surface area (Å²) >= 11 is 0. The number of hydrogen-bond acceptors (Lipinski definition) is 3. The quantitative estimate of drug-likeness (QED) is 0.391. The highest BCUT2D eigenvalue weighted by Crippen LogP contribution is 1.96. The molecule has 0 amide bonds. The number of aryl methyl sites for hydroxylation is 1. The third-order valence-corrected chi connectivity index (χ3v) is 2.98. The number of aromatic nitrogens is 2. The zero-order valence-corrected chi connectivity index (χ0v) is 14.4. The van der Waals surface area contributed by atoms with E-state index >= 15 is 0 Å². The van der Waals surface area contributed by atoms with Crippen molar-refractivity contribution in [2.75, 3.05) is 32.8 Å². The van der Waals surface area contributed by atoms with Crippen LogP contribution in [0.1, 0.15) is 32.8 Å². The Bertz CT molecular complexity index is 428. The van der Waals surface area contributed by atoms with Crippen molar-refractivity contribution in [3.63, 3.8) is 0 Å². The zero-order valence-electron chi connectivity index (χ0n) is 14.4. The van der Waals surface area contributed by atoms with Crippen LogP contribution in [0.2, 0.25) is 0 Å². The molecule has 0 bridgehead atoms. The molecule has 2 N–H and O–H groups in total. The predicted molar refractivity (Wildman–Crippen MR) is 91.2 cm³/mol. The van der Waals surface area contributed by atoms with E-state index in [0.717, 1.165) is 51.6 Å². The normalized spacial score (nSPS) is 12.0. The van der Waals surface area contributed by atoms with Gasteiger partial charge < -0.3 is 15.4 Å². The minimum atomic E-state index is 0.593. The Morgan fingerprint density at radius 1 is 1.41 bits per heavy atom. The molecule has 0 fully saturated rings. The molecule has 0 saturated heterocycles. The Kier molecular flexibility index (Phi) is 9.30. The average Bonchev–Trinajstić information content (AvgIpc) is 2.88. The third-order valence-electron chi connectivity index (χ3n) is 2.98. The van der Waals surface area contributed by atoms with Crippen LogP contribution in [0.3, 0.4) is 0 Å². The summed E-state index contributed by atoms with van der Waals surface area (Å²) in [6, 6.07) is 0. The van der Waals surface area contributed by atoms with Gasteiger partial charge >= 0.3 is 0 Å². The van der Waals surface area contributed by atoms with E-state index in [4.69, 9.17) is 4.74 Å². The Balaban J connectivity index is 2.20. The summed E-state index contributed by atoms with van der Waals surface area (Å²) in [5.74, 6) is 1.46. The van der Waals surface area contributed by atoms with Gasteiger partial charge in [0.1, 0.15) is 0 Å². The van der Waals surface area contributed by atoms with Crippen LogP contribution in [0.15, 0.2) is 17.4 Å². The molecule has 0 saturated carbocycles. The molecule has 0 aliphatic carbocycles. The molecule has 0 radical (unpaired) electrons. The first-order valence-corrected chi connectivity index (χ1v) is 8.19. The van der Waals surface area contributed by atoms with Crippen molar-refractivity contribution < 1.29 is 4.74 Å². The predicted octanol–water partition coefficient (Wildman–Crippen LogP) is 1.58. The minimum absolute atomic E-state index is 0.593. The fourth-order valence-electron chi connectivity index (χ4n) is 1.94. The fraction of sp³-hybridized carbons (Fsp3) is 0.750. The number of nitrogens with zero attached hydrogens (tertiary/aromatic N) is 3. The Hall–Kier alpha value is -1.56. The molecule has 0 aromatic carbocycles. The number of guanidine groups is 1. The highest BCUT2D eigenvalue weighted by atomic mass is 16.5. The molecule has 6 nitrogen and oxygen atoms in total. The topological polar surface area (TPSA) is 63.5 Å². The Morgan fingerprint density at radius 3 is 2.86 bits per heavy atom. The summed E-state index contributed by atoms with van der Waals surface area (Å²) in [6.45, 7) is 10.5. The molecule has 0 aliphatic heterocycles. The molecule has 1 aromatic rings. The second-order valence-electron chi connectivity index (χ2n) is 5.78. The van der Waals surface area contributed by atoms with Crippen LogP contribution < -0.4 is 10.6 Å². The van der Waals surface area contributed by atoms with E-state index in [1.807, 2.05) is 24.1 Å².